The van der Waals surface area contributed by atoms with E-state index in [0.29, 0.717) is 12.4 Å². The van der Waals surface area contributed by atoms with Crippen molar-refractivity contribution in [3.63, 3.8) is 0 Å². The lowest BCUT2D eigenvalue weighted by Gasteiger charge is -2.07. The van der Waals surface area contributed by atoms with Crippen LogP contribution in [0.1, 0.15) is 11.1 Å². The van der Waals surface area contributed by atoms with E-state index in [9.17, 15) is 0 Å². The number of hydrogen-bond acceptors (Lipinski definition) is 1. The van der Waals surface area contributed by atoms with Crippen molar-refractivity contribution in [2.24, 2.45) is 15.0 Å². The highest BCUT2D eigenvalue weighted by atomic mass is 35.5. The summed E-state index contributed by atoms with van der Waals surface area (Å²) in [6, 6.07) is 41.4. The van der Waals surface area contributed by atoms with Crippen LogP contribution in [0.4, 0.5) is 0 Å². The highest BCUT2D eigenvalue weighted by molar-refractivity contribution is 6.65. The minimum atomic E-state index is 0.139. The number of rotatable bonds is 5. The topological polar surface area (TPSA) is 37.1 Å². The zero-order valence-corrected chi connectivity index (χ0v) is 20.4. The summed E-state index contributed by atoms with van der Waals surface area (Å²) >= 11 is 6.38. The molecule has 0 saturated heterocycles. The van der Waals surface area contributed by atoms with Crippen LogP contribution in [-0.2, 0) is 6.54 Å². The van der Waals surface area contributed by atoms with Gasteiger partial charge in [0.1, 0.15) is 0 Å². The predicted molar refractivity (Wildman–Crippen MR) is 154 cm³/mol. The molecule has 0 spiro atoms. The number of benzene rings is 5. The van der Waals surface area contributed by atoms with Gasteiger partial charge < -0.3 is 0 Å². The van der Waals surface area contributed by atoms with Crippen molar-refractivity contribution in [3.8, 4) is 22.3 Å². The van der Waals surface area contributed by atoms with Crippen LogP contribution >= 0.6 is 11.6 Å². The molecule has 36 heavy (non-hydrogen) atoms. The average Bonchev–Trinajstić information content (AvgIpc) is 2.95. The number of halogens is 1. The smallest absolute Gasteiger partial charge is 0.220 e. The third-order valence-electron chi connectivity index (χ3n) is 6.00. The maximum Gasteiger partial charge on any atom is 0.220 e. The van der Waals surface area contributed by atoms with Gasteiger partial charge in [-0.1, -0.05) is 109 Å². The summed E-state index contributed by atoms with van der Waals surface area (Å²) in [5, 5.41) is 2.55. The molecule has 0 heterocycles. The van der Waals surface area contributed by atoms with E-state index in [2.05, 4.69) is 94.5 Å². The van der Waals surface area contributed by atoms with Gasteiger partial charge >= 0.3 is 0 Å². The normalized spacial score (nSPS) is 12.0. The number of amidine groups is 2. The zero-order valence-electron chi connectivity index (χ0n) is 19.7. The summed E-state index contributed by atoms with van der Waals surface area (Å²) in [5.41, 5.74) is 6.42. The summed E-state index contributed by atoms with van der Waals surface area (Å²) in [6.07, 6.45) is 0. The first-order valence-electron chi connectivity index (χ1n) is 11.7. The fraction of sp³-hybridized carbons (Fsp3) is 0.0312. The number of fused-ring (bicyclic) bond motifs is 1. The summed E-state index contributed by atoms with van der Waals surface area (Å²) < 4.78 is 0. The lowest BCUT2D eigenvalue weighted by Crippen LogP contribution is -2.00. The van der Waals surface area contributed by atoms with Gasteiger partial charge in [0, 0.05) is 5.56 Å². The molecule has 0 bridgehead atoms. The molecule has 0 saturated carbocycles. The standard InChI is InChI=1S/C32H24ClN3/c1-34-31(30-13-7-12-28(21-30)29-19-18-25-10-5-6-11-27(25)20-29)36-32(33)35-22-23-14-16-26(17-15-23)24-8-3-2-4-9-24/h2-21H,1,22H2. The Morgan fingerprint density at radius 3 is 2.03 bits per heavy atom. The van der Waals surface area contributed by atoms with E-state index in [1.807, 2.05) is 48.5 Å². The predicted octanol–water partition coefficient (Wildman–Crippen LogP) is 8.42. The minimum Gasteiger partial charge on any atom is -0.251 e. The molecule has 0 unspecified atom stereocenters. The van der Waals surface area contributed by atoms with Crippen LogP contribution in [0.15, 0.2) is 136 Å². The van der Waals surface area contributed by atoms with Gasteiger partial charge in [0.15, 0.2) is 5.84 Å². The molecule has 0 aromatic heterocycles. The van der Waals surface area contributed by atoms with Crippen molar-refractivity contribution in [3.05, 3.63) is 132 Å². The molecule has 5 aromatic rings. The van der Waals surface area contributed by atoms with Crippen LogP contribution in [0.3, 0.4) is 0 Å². The fourth-order valence-electron chi connectivity index (χ4n) is 4.11. The molecule has 0 aliphatic carbocycles. The lowest BCUT2D eigenvalue weighted by molar-refractivity contribution is 1.07. The van der Waals surface area contributed by atoms with Crippen LogP contribution < -0.4 is 0 Å². The molecule has 0 aliphatic rings. The largest absolute Gasteiger partial charge is 0.251 e. The average molecular weight is 486 g/mol. The Bertz CT molecular complexity index is 1570. The molecule has 174 valence electrons. The van der Waals surface area contributed by atoms with Crippen molar-refractivity contribution in [2.45, 2.75) is 6.54 Å². The van der Waals surface area contributed by atoms with Gasteiger partial charge in [-0.3, -0.25) is 4.99 Å². The van der Waals surface area contributed by atoms with Gasteiger partial charge in [-0.15, -0.1) is 0 Å². The summed E-state index contributed by atoms with van der Waals surface area (Å²) in [7, 11) is 0. The van der Waals surface area contributed by atoms with E-state index in [-0.39, 0.29) is 5.29 Å². The molecule has 0 fully saturated rings. The molecule has 4 heteroatoms. The van der Waals surface area contributed by atoms with E-state index < -0.39 is 0 Å². The lowest BCUT2D eigenvalue weighted by atomic mass is 9.99. The van der Waals surface area contributed by atoms with Gasteiger partial charge in [0.2, 0.25) is 5.29 Å². The Hall–Kier alpha value is -4.34. The van der Waals surface area contributed by atoms with Crippen LogP contribution in [0.25, 0.3) is 33.0 Å². The second kappa shape index (κ2) is 10.9. The van der Waals surface area contributed by atoms with Gasteiger partial charge in [-0.05, 0) is 69.0 Å². The quantitative estimate of drug-likeness (QED) is 0.136. The fourth-order valence-corrected chi connectivity index (χ4v) is 4.25. The molecule has 0 amide bonds. The Balaban J connectivity index is 1.34. The molecular formula is C32H24ClN3. The van der Waals surface area contributed by atoms with Crippen molar-refractivity contribution in [1.82, 2.24) is 0 Å². The second-order valence-electron chi connectivity index (χ2n) is 8.38. The first-order valence-corrected chi connectivity index (χ1v) is 12.1. The Labute approximate surface area is 216 Å². The molecule has 0 aliphatic heterocycles. The second-order valence-corrected chi connectivity index (χ2v) is 8.72. The Morgan fingerprint density at radius 1 is 0.611 bits per heavy atom. The van der Waals surface area contributed by atoms with Gasteiger partial charge in [0.25, 0.3) is 0 Å². The first-order chi connectivity index (χ1) is 17.7. The van der Waals surface area contributed by atoms with Gasteiger partial charge in [-0.2, -0.15) is 4.99 Å². The molecule has 0 atom stereocenters. The van der Waals surface area contributed by atoms with Crippen LogP contribution in [0.5, 0.6) is 0 Å². The Morgan fingerprint density at radius 2 is 1.25 bits per heavy atom. The van der Waals surface area contributed by atoms with Crippen molar-refractivity contribution in [1.29, 1.82) is 0 Å². The van der Waals surface area contributed by atoms with Crippen LogP contribution in [0.2, 0.25) is 0 Å². The summed E-state index contributed by atoms with van der Waals surface area (Å²) in [5.74, 6) is 0.436. The summed E-state index contributed by atoms with van der Waals surface area (Å²) in [4.78, 5) is 13.0. The maximum atomic E-state index is 6.38. The molecule has 0 N–H and O–H groups in total. The van der Waals surface area contributed by atoms with E-state index in [1.54, 1.807) is 0 Å². The number of hydrogen-bond donors (Lipinski definition) is 0. The third kappa shape index (κ3) is 5.48. The molecule has 5 aromatic carbocycles. The van der Waals surface area contributed by atoms with E-state index in [4.69, 9.17) is 11.6 Å². The van der Waals surface area contributed by atoms with Gasteiger partial charge in [-0.25, -0.2) is 4.99 Å². The molecule has 3 nitrogen and oxygen atoms in total. The SMILES string of the molecule is C=NC(=NC(Cl)=NCc1ccc(-c2ccccc2)cc1)c1cccc(-c2ccc3ccccc3c2)c1. The number of aliphatic imine (C=N–C) groups is 3. The van der Waals surface area contributed by atoms with Gasteiger partial charge in [0.05, 0.1) is 6.54 Å². The van der Waals surface area contributed by atoms with Crippen LogP contribution in [0, 0.1) is 0 Å². The monoisotopic (exact) mass is 485 g/mol. The van der Waals surface area contributed by atoms with E-state index >= 15 is 0 Å². The molecule has 0 radical (unpaired) electrons. The van der Waals surface area contributed by atoms with Crippen molar-refractivity contribution in [2.75, 3.05) is 0 Å². The maximum absolute atomic E-state index is 6.38. The molecular weight excluding hydrogens is 462 g/mol. The highest BCUT2D eigenvalue weighted by Crippen LogP contribution is 2.26. The number of nitrogens with zero attached hydrogens (tertiary/aromatic N) is 3. The Kier molecular flexibility index (Phi) is 7.11. The van der Waals surface area contributed by atoms with Crippen molar-refractivity contribution >= 4 is 40.2 Å². The molecule has 5 rings (SSSR count). The minimum absolute atomic E-state index is 0.139. The van der Waals surface area contributed by atoms with E-state index in [1.165, 1.54) is 16.3 Å². The zero-order chi connectivity index (χ0) is 24.7. The third-order valence-corrected chi connectivity index (χ3v) is 6.21. The highest BCUT2D eigenvalue weighted by Gasteiger charge is 2.07. The van der Waals surface area contributed by atoms with Crippen molar-refractivity contribution < 1.29 is 0 Å². The first kappa shape index (κ1) is 23.4. The van der Waals surface area contributed by atoms with E-state index in [0.717, 1.165) is 27.8 Å². The summed E-state index contributed by atoms with van der Waals surface area (Å²) in [6.45, 7) is 4.13. The van der Waals surface area contributed by atoms with Crippen LogP contribution in [-0.4, -0.2) is 17.8 Å².